The van der Waals surface area contributed by atoms with Crippen molar-refractivity contribution in [2.45, 2.75) is 43.0 Å². The maximum atomic E-state index is 12.4. The van der Waals surface area contributed by atoms with Crippen LogP contribution in [0.1, 0.15) is 53.4 Å². The van der Waals surface area contributed by atoms with Gasteiger partial charge in [0, 0.05) is 12.1 Å². The summed E-state index contributed by atoms with van der Waals surface area (Å²) >= 11 is 2.95. The molecule has 0 spiro atoms. The Balaban J connectivity index is 1.70. The highest BCUT2D eigenvalue weighted by molar-refractivity contribution is 7.98. The maximum Gasteiger partial charge on any atom is 0.260 e. The van der Waals surface area contributed by atoms with Crippen LogP contribution in [-0.4, -0.2) is 27.3 Å². The summed E-state index contributed by atoms with van der Waals surface area (Å²) in [6.45, 7) is 0. The summed E-state index contributed by atoms with van der Waals surface area (Å²) in [6, 6.07) is 3.54. The molecule has 5 nitrogen and oxygen atoms in total. The fraction of sp³-hybridized carbons (Fsp3) is 0.467. The lowest BCUT2D eigenvalue weighted by molar-refractivity contribution is 0.102. The first-order valence-electron chi connectivity index (χ1n) is 7.41. The molecule has 1 N–H and O–H groups in total. The average Bonchev–Trinajstić information content (AvgIpc) is 3.04. The molecule has 22 heavy (non-hydrogen) atoms. The molecule has 1 amide bonds. The number of nitrogens with zero attached hydrogens (tertiary/aromatic N) is 3. The van der Waals surface area contributed by atoms with Crippen molar-refractivity contribution in [3.8, 4) is 0 Å². The van der Waals surface area contributed by atoms with Gasteiger partial charge in [0.15, 0.2) is 0 Å². The molecule has 2 aromatic rings. The number of carbonyl (C=O) groups excluding carboxylic acids is 1. The molecular weight excluding hydrogens is 316 g/mol. The minimum absolute atomic E-state index is 0.177. The minimum Gasteiger partial charge on any atom is -0.296 e. The monoisotopic (exact) mass is 334 g/mol. The molecule has 1 aliphatic rings. The number of amides is 1. The topological polar surface area (TPSA) is 67.8 Å². The van der Waals surface area contributed by atoms with Gasteiger partial charge in [-0.15, -0.1) is 22.0 Å². The van der Waals surface area contributed by atoms with Crippen LogP contribution in [-0.2, 0) is 0 Å². The van der Waals surface area contributed by atoms with Gasteiger partial charge < -0.3 is 0 Å². The molecule has 1 fully saturated rings. The highest BCUT2D eigenvalue weighted by Gasteiger charge is 2.21. The number of rotatable bonds is 4. The Bertz CT molecular complexity index is 652. The lowest BCUT2D eigenvalue weighted by Gasteiger charge is -2.18. The highest BCUT2D eigenvalue weighted by Crippen LogP contribution is 2.35. The number of thioether (sulfide) groups is 1. The first-order chi connectivity index (χ1) is 10.8. The smallest absolute Gasteiger partial charge is 0.260 e. The normalized spacial score (nSPS) is 15.7. The van der Waals surface area contributed by atoms with Crippen molar-refractivity contribution in [2.75, 3.05) is 11.6 Å². The third kappa shape index (κ3) is 3.47. The molecule has 0 atom stereocenters. The summed E-state index contributed by atoms with van der Waals surface area (Å²) in [5, 5.41) is 13.6. The predicted molar refractivity (Wildman–Crippen MR) is 89.7 cm³/mol. The Morgan fingerprint density at radius 2 is 2.14 bits per heavy atom. The van der Waals surface area contributed by atoms with Crippen LogP contribution < -0.4 is 5.32 Å². The van der Waals surface area contributed by atoms with E-state index in [0.29, 0.717) is 16.6 Å². The second-order valence-corrected chi connectivity index (χ2v) is 7.10. The van der Waals surface area contributed by atoms with E-state index >= 15 is 0 Å². The molecule has 2 aromatic heterocycles. The molecule has 0 radical (unpaired) electrons. The Hall–Kier alpha value is -1.47. The third-order valence-corrected chi connectivity index (χ3v) is 5.54. The second kappa shape index (κ2) is 7.19. The fourth-order valence-corrected chi connectivity index (χ4v) is 4.14. The van der Waals surface area contributed by atoms with Gasteiger partial charge in [0.2, 0.25) is 5.13 Å². The van der Waals surface area contributed by atoms with E-state index in [1.54, 1.807) is 18.3 Å². The molecule has 0 aliphatic heterocycles. The van der Waals surface area contributed by atoms with Crippen LogP contribution >= 0.6 is 23.1 Å². The second-order valence-electron chi connectivity index (χ2n) is 5.29. The van der Waals surface area contributed by atoms with Crippen LogP contribution in [0.5, 0.6) is 0 Å². The van der Waals surface area contributed by atoms with Crippen molar-refractivity contribution in [2.24, 2.45) is 0 Å². The molecule has 0 aromatic carbocycles. The van der Waals surface area contributed by atoms with Gasteiger partial charge in [-0.25, -0.2) is 4.98 Å². The Kier molecular flexibility index (Phi) is 5.04. The van der Waals surface area contributed by atoms with Crippen molar-refractivity contribution < 1.29 is 4.79 Å². The molecule has 1 aliphatic carbocycles. The lowest BCUT2D eigenvalue weighted by Crippen LogP contribution is -2.13. The van der Waals surface area contributed by atoms with E-state index in [0.717, 1.165) is 10.0 Å². The van der Waals surface area contributed by atoms with Crippen LogP contribution in [0, 0.1) is 0 Å². The zero-order valence-corrected chi connectivity index (χ0v) is 14.0. The van der Waals surface area contributed by atoms with E-state index < -0.39 is 0 Å². The van der Waals surface area contributed by atoms with Gasteiger partial charge in [0.25, 0.3) is 5.91 Å². The predicted octanol–water partition coefficient (Wildman–Crippen LogP) is 3.96. The molecule has 3 rings (SSSR count). The van der Waals surface area contributed by atoms with Crippen molar-refractivity contribution in [3.63, 3.8) is 0 Å². The van der Waals surface area contributed by atoms with E-state index in [-0.39, 0.29) is 5.91 Å². The molecule has 0 unspecified atom stereocenters. The lowest BCUT2D eigenvalue weighted by atomic mass is 9.90. The van der Waals surface area contributed by atoms with Crippen LogP contribution in [0.15, 0.2) is 23.4 Å². The van der Waals surface area contributed by atoms with Crippen LogP contribution in [0.4, 0.5) is 5.13 Å². The van der Waals surface area contributed by atoms with Crippen LogP contribution in [0.2, 0.25) is 0 Å². The SMILES string of the molecule is CSc1ncccc1C(=O)Nc1nnc(C2CCCCC2)s1. The average molecular weight is 334 g/mol. The number of aromatic nitrogens is 3. The highest BCUT2D eigenvalue weighted by atomic mass is 32.2. The first kappa shape index (κ1) is 15.4. The molecule has 116 valence electrons. The van der Waals surface area contributed by atoms with E-state index in [1.807, 2.05) is 6.26 Å². The molecule has 0 saturated heterocycles. The summed E-state index contributed by atoms with van der Waals surface area (Å²) < 4.78 is 0. The maximum absolute atomic E-state index is 12.4. The van der Waals surface area contributed by atoms with Gasteiger partial charge in [0.1, 0.15) is 10.0 Å². The van der Waals surface area contributed by atoms with Gasteiger partial charge in [-0.1, -0.05) is 30.6 Å². The standard InChI is InChI=1S/C15H18N4OS2/c1-21-14-11(8-5-9-16-14)12(20)17-15-19-18-13(22-15)10-6-3-2-4-7-10/h5,8-10H,2-4,6-7H2,1H3,(H,17,19,20). The number of carbonyl (C=O) groups is 1. The number of hydrogen-bond donors (Lipinski definition) is 1. The van der Waals surface area contributed by atoms with Crippen molar-refractivity contribution >= 4 is 34.1 Å². The largest absolute Gasteiger partial charge is 0.296 e. The molecule has 0 bridgehead atoms. The molecule has 2 heterocycles. The zero-order valence-electron chi connectivity index (χ0n) is 12.4. The van der Waals surface area contributed by atoms with Gasteiger partial charge in [-0.2, -0.15) is 0 Å². The van der Waals surface area contributed by atoms with Gasteiger partial charge >= 0.3 is 0 Å². The van der Waals surface area contributed by atoms with Gasteiger partial charge in [-0.3, -0.25) is 10.1 Å². The van der Waals surface area contributed by atoms with E-state index in [1.165, 1.54) is 55.2 Å². The fourth-order valence-electron chi connectivity index (χ4n) is 2.69. The summed E-state index contributed by atoms with van der Waals surface area (Å²) in [7, 11) is 0. The number of anilines is 1. The van der Waals surface area contributed by atoms with Gasteiger partial charge in [0.05, 0.1) is 5.56 Å². The molecule has 1 saturated carbocycles. The first-order valence-corrected chi connectivity index (χ1v) is 9.46. The Morgan fingerprint density at radius 3 is 2.91 bits per heavy atom. The van der Waals surface area contributed by atoms with Gasteiger partial charge in [-0.05, 0) is 31.2 Å². The number of hydrogen-bond acceptors (Lipinski definition) is 6. The number of pyridine rings is 1. The third-order valence-electron chi connectivity index (χ3n) is 3.82. The quantitative estimate of drug-likeness (QED) is 0.857. The summed E-state index contributed by atoms with van der Waals surface area (Å²) in [4.78, 5) is 16.6. The summed E-state index contributed by atoms with van der Waals surface area (Å²) in [6.07, 6.45) is 9.80. The Morgan fingerprint density at radius 1 is 1.32 bits per heavy atom. The molecular formula is C15H18N4OS2. The minimum atomic E-state index is -0.177. The van der Waals surface area contributed by atoms with Crippen molar-refractivity contribution in [1.29, 1.82) is 0 Å². The van der Waals surface area contributed by atoms with E-state index in [2.05, 4.69) is 20.5 Å². The molecule has 7 heteroatoms. The zero-order chi connectivity index (χ0) is 15.4. The Labute approximate surface area is 138 Å². The van der Waals surface area contributed by atoms with Crippen molar-refractivity contribution in [1.82, 2.24) is 15.2 Å². The van der Waals surface area contributed by atoms with E-state index in [4.69, 9.17) is 0 Å². The van der Waals surface area contributed by atoms with Crippen LogP contribution in [0.25, 0.3) is 0 Å². The van der Waals surface area contributed by atoms with Crippen LogP contribution in [0.3, 0.4) is 0 Å². The summed E-state index contributed by atoms with van der Waals surface area (Å²) in [5.41, 5.74) is 0.574. The van der Waals surface area contributed by atoms with Crippen molar-refractivity contribution in [3.05, 3.63) is 28.9 Å². The van der Waals surface area contributed by atoms with E-state index in [9.17, 15) is 4.79 Å². The summed E-state index contributed by atoms with van der Waals surface area (Å²) in [5.74, 6) is 0.334. The number of nitrogens with one attached hydrogen (secondary N) is 1.